The van der Waals surface area contributed by atoms with Gasteiger partial charge in [0.05, 0.1) is 6.21 Å². The molecular weight excluding hydrogens is 838 g/mol. The summed E-state index contributed by atoms with van der Waals surface area (Å²) < 4.78 is 42.5. The first-order chi connectivity index (χ1) is 28.8. The van der Waals surface area contributed by atoms with Gasteiger partial charge in [0.2, 0.25) is 23.8 Å². The minimum absolute atomic E-state index is 0.0139. The van der Waals surface area contributed by atoms with E-state index in [2.05, 4.69) is 47.1 Å². The lowest BCUT2D eigenvalue weighted by molar-refractivity contribution is -0.171. The van der Waals surface area contributed by atoms with Gasteiger partial charge in [-0.1, -0.05) is 37.8 Å². The molecule has 26 heteroatoms. The molecular formula is C34H48FN11O12S2. The second-order valence-electron chi connectivity index (χ2n) is 13.0. The number of nitrogen functional groups attached to an aromatic ring is 1. The van der Waals surface area contributed by atoms with Crippen molar-refractivity contribution < 1.29 is 61.7 Å². The molecule has 23 nitrogen and oxygen atoms in total. The molecule has 2 saturated heterocycles. The predicted molar refractivity (Wildman–Crippen MR) is 212 cm³/mol. The standard InChI is InChI=1S/C34H48FN11O12S2/c1-4-5-6-7-8-9-23(48)53-15-22(56-19(2)47)16-54-34(52)58-20(3)57-31(51)26-21(14-39-42-32(36)45-12-10-38-11-13-45)17-59-30-25(29(50)46(26)30)40-28(49)24(43-55-18-35)27-41-33(37)60-44-27/h14,20,22,25,30,38H,4-13,15-18H2,1-3H3,(H2,36,42)(H,40,49)(H2,37,41,44)/b39-14+,43-24-. The number of guanidine groups is 1. The summed E-state index contributed by atoms with van der Waals surface area (Å²) in [6, 6.07) is -1.23. The van der Waals surface area contributed by atoms with Crippen LogP contribution in [0.1, 0.15) is 65.1 Å². The number of nitrogens with zero attached hydrogens (tertiary/aromatic N) is 7. The van der Waals surface area contributed by atoms with Crippen LogP contribution in [0.5, 0.6) is 0 Å². The zero-order valence-corrected chi connectivity index (χ0v) is 34.8. The number of thioether (sulfide) groups is 1. The highest BCUT2D eigenvalue weighted by Crippen LogP contribution is 2.40. The number of carbonyl (C=O) groups excluding carboxylic acids is 6. The Balaban J connectivity index is 1.43. The van der Waals surface area contributed by atoms with Gasteiger partial charge in [0.15, 0.2) is 11.2 Å². The van der Waals surface area contributed by atoms with Gasteiger partial charge in [0, 0.05) is 69.3 Å². The molecule has 4 rings (SSSR count). The molecule has 0 spiro atoms. The number of unbranched alkanes of at least 4 members (excludes halogenated alkanes) is 4. The molecule has 0 aromatic carbocycles. The van der Waals surface area contributed by atoms with E-state index in [9.17, 15) is 33.2 Å². The monoisotopic (exact) mass is 885 g/mol. The van der Waals surface area contributed by atoms with Crippen molar-refractivity contribution in [3.05, 3.63) is 17.1 Å². The molecule has 0 saturated carbocycles. The first kappa shape index (κ1) is 47.1. The number of ether oxygens (including phenoxy) is 5. The highest BCUT2D eigenvalue weighted by Gasteiger charge is 2.55. The number of fused-ring (bicyclic) bond motifs is 1. The first-order valence-electron chi connectivity index (χ1n) is 18.9. The fraction of sp³-hybridized carbons (Fsp3) is 0.618. The molecule has 2 amide bonds. The summed E-state index contributed by atoms with van der Waals surface area (Å²) in [5, 5.41) is 16.3. The number of β-lactam (4-membered cyclic amide) rings is 1. The summed E-state index contributed by atoms with van der Waals surface area (Å²) in [5.41, 5.74) is 11.0. The lowest BCUT2D eigenvalue weighted by atomic mass is 10.0. The average Bonchev–Trinajstić information content (AvgIpc) is 3.65. The second kappa shape index (κ2) is 23.8. The Labute approximate surface area is 351 Å². The van der Waals surface area contributed by atoms with Crippen molar-refractivity contribution in [2.45, 2.75) is 83.1 Å². The van der Waals surface area contributed by atoms with Crippen LogP contribution in [0.25, 0.3) is 0 Å². The van der Waals surface area contributed by atoms with Crippen LogP contribution >= 0.6 is 23.3 Å². The lowest BCUT2D eigenvalue weighted by Crippen LogP contribution is -2.71. The van der Waals surface area contributed by atoms with Crippen LogP contribution in [-0.2, 0) is 52.5 Å². The molecule has 0 bridgehead atoms. The van der Waals surface area contributed by atoms with E-state index >= 15 is 0 Å². The highest BCUT2D eigenvalue weighted by atomic mass is 32.2. The number of halogens is 1. The number of aromatic nitrogens is 2. The lowest BCUT2D eigenvalue weighted by Gasteiger charge is -2.49. The maximum atomic E-state index is 13.7. The maximum Gasteiger partial charge on any atom is 0.511 e. The number of piperazine rings is 1. The normalized spacial score (nSPS) is 19.2. The number of esters is 3. The molecule has 0 aliphatic carbocycles. The quantitative estimate of drug-likeness (QED) is 0.0191. The predicted octanol–water partition coefficient (Wildman–Crippen LogP) is 0.506. The summed E-state index contributed by atoms with van der Waals surface area (Å²) in [6.07, 6.45) is 1.95. The van der Waals surface area contributed by atoms with Crippen LogP contribution in [0.2, 0.25) is 0 Å². The molecule has 4 heterocycles. The molecule has 3 aliphatic rings. The number of rotatable bonds is 21. The van der Waals surface area contributed by atoms with Crippen LogP contribution < -0.4 is 22.1 Å². The third-order valence-corrected chi connectivity index (χ3v) is 10.4. The summed E-state index contributed by atoms with van der Waals surface area (Å²) in [5.74, 6) is -4.20. The summed E-state index contributed by atoms with van der Waals surface area (Å²) in [7, 11) is 0. The van der Waals surface area contributed by atoms with E-state index < -0.39 is 78.9 Å². The number of nitrogens with one attached hydrogen (secondary N) is 2. The SMILES string of the molecule is CCCCCCCC(=O)OCC(COC(=O)OC(C)OC(=O)C1=C(/C=N/N=C(\N)N2CCNCC2)CSC2C(NC(=O)/C(=N\OCF)c3nsc(N)n3)C(=O)N12)OC(C)=O. The van der Waals surface area contributed by atoms with Crippen molar-refractivity contribution >= 4 is 82.2 Å². The zero-order valence-electron chi connectivity index (χ0n) is 33.2. The molecule has 3 aliphatic heterocycles. The van der Waals surface area contributed by atoms with Crippen molar-refractivity contribution in [3.8, 4) is 0 Å². The Morgan fingerprint density at radius 2 is 1.82 bits per heavy atom. The molecule has 60 heavy (non-hydrogen) atoms. The van der Waals surface area contributed by atoms with E-state index in [-0.39, 0.29) is 47.0 Å². The van der Waals surface area contributed by atoms with Gasteiger partial charge in [-0.15, -0.1) is 16.9 Å². The van der Waals surface area contributed by atoms with Gasteiger partial charge in [0.25, 0.3) is 18.7 Å². The average molecular weight is 886 g/mol. The largest absolute Gasteiger partial charge is 0.511 e. The van der Waals surface area contributed by atoms with E-state index in [0.717, 1.165) is 60.8 Å². The fourth-order valence-corrected chi connectivity index (χ4v) is 7.43. The maximum absolute atomic E-state index is 13.7. The van der Waals surface area contributed by atoms with Gasteiger partial charge in [-0.3, -0.25) is 24.1 Å². The van der Waals surface area contributed by atoms with Crippen molar-refractivity contribution in [3.63, 3.8) is 0 Å². The van der Waals surface area contributed by atoms with E-state index in [1.54, 1.807) is 4.90 Å². The fourth-order valence-electron chi connectivity index (χ4n) is 5.70. The summed E-state index contributed by atoms with van der Waals surface area (Å²) in [4.78, 5) is 88.1. The van der Waals surface area contributed by atoms with Gasteiger partial charge < -0.3 is 55.5 Å². The molecule has 2 fully saturated rings. The molecule has 1 aromatic rings. The summed E-state index contributed by atoms with van der Waals surface area (Å²) >= 11 is 1.89. The third kappa shape index (κ3) is 14.0. The van der Waals surface area contributed by atoms with Crippen molar-refractivity contribution in [2.24, 2.45) is 21.1 Å². The Morgan fingerprint density at radius 3 is 2.50 bits per heavy atom. The third-order valence-electron chi connectivity index (χ3n) is 8.54. The molecule has 4 unspecified atom stereocenters. The van der Waals surface area contributed by atoms with E-state index in [1.807, 2.05) is 0 Å². The molecule has 1 aromatic heterocycles. The van der Waals surface area contributed by atoms with Crippen LogP contribution in [0.4, 0.5) is 14.3 Å². The Morgan fingerprint density at radius 1 is 1.08 bits per heavy atom. The van der Waals surface area contributed by atoms with E-state index in [4.69, 9.17) is 35.2 Å². The number of carbonyl (C=O) groups is 6. The van der Waals surface area contributed by atoms with Crippen LogP contribution in [0.15, 0.2) is 26.6 Å². The minimum atomic E-state index is -1.60. The van der Waals surface area contributed by atoms with Gasteiger partial charge in [-0.05, 0) is 6.42 Å². The molecule has 4 atom stereocenters. The van der Waals surface area contributed by atoms with Crippen molar-refractivity contribution in [1.29, 1.82) is 0 Å². The Kier molecular flexibility index (Phi) is 18.7. The van der Waals surface area contributed by atoms with Gasteiger partial charge in [-0.25, -0.2) is 14.0 Å². The Bertz CT molecular complexity index is 1820. The topological polar surface area (TPSA) is 303 Å². The van der Waals surface area contributed by atoms with E-state index in [0.29, 0.717) is 32.6 Å². The van der Waals surface area contributed by atoms with Crippen molar-refractivity contribution in [1.82, 2.24) is 29.8 Å². The number of anilines is 1. The minimum Gasteiger partial charge on any atom is -0.462 e. The van der Waals surface area contributed by atoms with Crippen LogP contribution in [0.3, 0.4) is 0 Å². The molecule has 6 N–H and O–H groups in total. The van der Waals surface area contributed by atoms with Gasteiger partial charge in [0.1, 0.15) is 30.3 Å². The highest BCUT2D eigenvalue weighted by molar-refractivity contribution is 8.00. The number of hydrogen-bond donors (Lipinski definition) is 4. The molecule has 0 radical (unpaired) electrons. The summed E-state index contributed by atoms with van der Waals surface area (Å²) in [6.45, 7) is 4.66. The van der Waals surface area contributed by atoms with Crippen LogP contribution in [-0.4, -0.2) is 149 Å². The number of amides is 2. The van der Waals surface area contributed by atoms with Crippen molar-refractivity contribution in [2.75, 3.05) is 57.7 Å². The van der Waals surface area contributed by atoms with Crippen LogP contribution in [0, 0.1) is 0 Å². The molecule has 330 valence electrons. The van der Waals surface area contributed by atoms with E-state index in [1.165, 1.54) is 13.1 Å². The second-order valence-corrected chi connectivity index (χ2v) is 14.9. The van der Waals surface area contributed by atoms with Gasteiger partial charge >= 0.3 is 24.1 Å². The number of nitrogens with two attached hydrogens (primary N) is 2. The smallest absolute Gasteiger partial charge is 0.462 e. The van der Waals surface area contributed by atoms with Gasteiger partial charge in [-0.2, -0.15) is 14.5 Å². The number of alkyl halides is 1. The zero-order chi connectivity index (χ0) is 43.6. The first-order valence-corrected chi connectivity index (χ1v) is 20.7. The Hall–Kier alpha value is -5.63. The number of oxime groups is 1. The number of hydrogen-bond acceptors (Lipinski definition) is 21.